The van der Waals surface area contributed by atoms with Gasteiger partial charge in [0.05, 0.1) is 10.7 Å². The lowest BCUT2D eigenvalue weighted by atomic mass is 9.98. The molecule has 0 spiro atoms. The first-order chi connectivity index (χ1) is 8.20. The standard InChI is InChI=1S/C14H16BrNS/c1-10-11(2)17-14(16-10)8-13(9-15)12-6-4-3-5-7-12/h3-7,13H,8-9H2,1-2H3. The monoisotopic (exact) mass is 309 g/mol. The molecule has 0 radical (unpaired) electrons. The Balaban J connectivity index is 2.15. The number of aromatic nitrogens is 1. The van der Waals surface area contributed by atoms with Crippen molar-refractivity contribution in [3.63, 3.8) is 0 Å². The van der Waals surface area contributed by atoms with Crippen molar-refractivity contribution in [2.45, 2.75) is 26.2 Å². The van der Waals surface area contributed by atoms with E-state index in [1.807, 2.05) is 11.3 Å². The lowest BCUT2D eigenvalue weighted by Gasteiger charge is -2.12. The van der Waals surface area contributed by atoms with Crippen LogP contribution < -0.4 is 0 Å². The van der Waals surface area contributed by atoms with Crippen LogP contribution in [0.5, 0.6) is 0 Å². The van der Waals surface area contributed by atoms with E-state index < -0.39 is 0 Å². The van der Waals surface area contributed by atoms with Gasteiger partial charge in [0.15, 0.2) is 0 Å². The van der Waals surface area contributed by atoms with Crippen LogP contribution in [0.25, 0.3) is 0 Å². The number of aryl methyl sites for hydroxylation is 2. The van der Waals surface area contributed by atoms with Crippen LogP contribution in [0.4, 0.5) is 0 Å². The number of benzene rings is 1. The number of rotatable bonds is 4. The average molecular weight is 310 g/mol. The Morgan fingerprint density at radius 1 is 1.24 bits per heavy atom. The molecule has 0 amide bonds. The van der Waals surface area contributed by atoms with Crippen LogP contribution in [0.15, 0.2) is 30.3 Å². The van der Waals surface area contributed by atoms with E-state index in [9.17, 15) is 0 Å². The summed E-state index contributed by atoms with van der Waals surface area (Å²) in [6.07, 6.45) is 1.02. The molecule has 1 atom stereocenters. The topological polar surface area (TPSA) is 12.9 Å². The predicted octanol–water partition coefficient (Wildman–Crippen LogP) is 4.48. The molecule has 17 heavy (non-hydrogen) atoms. The molecule has 1 heterocycles. The Hall–Kier alpha value is -0.670. The summed E-state index contributed by atoms with van der Waals surface area (Å²) in [6, 6.07) is 10.7. The highest BCUT2D eigenvalue weighted by Crippen LogP contribution is 2.26. The number of nitrogens with zero attached hydrogens (tertiary/aromatic N) is 1. The van der Waals surface area contributed by atoms with Crippen molar-refractivity contribution in [2.75, 3.05) is 5.33 Å². The van der Waals surface area contributed by atoms with Crippen LogP contribution in [0.1, 0.15) is 27.1 Å². The van der Waals surface area contributed by atoms with Crippen LogP contribution in [0.2, 0.25) is 0 Å². The van der Waals surface area contributed by atoms with Crippen LogP contribution >= 0.6 is 27.3 Å². The number of hydrogen-bond acceptors (Lipinski definition) is 2. The fourth-order valence-electron chi connectivity index (χ4n) is 1.82. The third-order valence-corrected chi connectivity index (χ3v) is 4.83. The molecule has 0 aliphatic rings. The van der Waals surface area contributed by atoms with E-state index in [2.05, 4.69) is 65.1 Å². The lowest BCUT2D eigenvalue weighted by Crippen LogP contribution is -2.04. The highest BCUT2D eigenvalue weighted by molar-refractivity contribution is 9.09. The molecule has 2 rings (SSSR count). The highest BCUT2D eigenvalue weighted by Gasteiger charge is 2.13. The van der Waals surface area contributed by atoms with Gasteiger partial charge in [-0.15, -0.1) is 11.3 Å². The van der Waals surface area contributed by atoms with Gasteiger partial charge in [0, 0.05) is 16.6 Å². The van der Waals surface area contributed by atoms with Gasteiger partial charge in [-0.2, -0.15) is 0 Å². The van der Waals surface area contributed by atoms with E-state index in [-0.39, 0.29) is 0 Å². The maximum atomic E-state index is 4.62. The van der Waals surface area contributed by atoms with Crippen molar-refractivity contribution in [1.29, 1.82) is 0 Å². The summed E-state index contributed by atoms with van der Waals surface area (Å²) < 4.78 is 0. The van der Waals surface area contributed by atoms with Gasteiger partial charge in [-0.3, -0.25) is 0 Å². The van der Waals surface area contributed by atoms with Gasteiger partial charge in [-0.25, -0.2) is 4.98 Å². The fourth-order valence-corrected chi connectivity index (χ4v) is 3.44. The molecular formula is C14H16BrNS. The minimum atomic E-state index is 0.515. The molecule has 0 saturated carbocycles. The highest BCUT2D eigenvalue weighted by atomic mass is 79.9. The summed E-state index contributed by atoms with van der Waals surface area (Å²) >= 11 is 5.43. The molecule has 2 aromatic rings. The third-order valence-electron chi connectivity index (χ3n) is 2.95. The summed E-state index contributed by atoms with van der Waals surface area (Å²) in [6.45, 7) is 4.23. The molecule has 0 aliphatic carbocycles. The number of halogens is 1. The molecule has 0 bridgehead atoms. The Labute approximate surface area is 115 Å². The minimum Gasteiger partial charge on any atom is -0.246 e. The second-order valence-electron chi connectivity index (χ2n) is 4.22. The van der Waals surface area contributed by atoms with E-state index >= 15 is 0 Å². The van der Waals surface area contributed by atoms with E-state index in [1.165, 1.54) is 21.1 Å². The molecule has 1 aromatic heterocycles. The molecule has 90 valence electrons. The molecule has 3 heteroatoms. The molecule has 1 unspecified atom stereocenters. The zero-order valence-electron chi connectivity index (χ0n) is 10.1. The SMILES string of the molecule is Cc1nc(CC(CBr)c2ccccc2)sc1C. The van der Waals surface area contributed by atoms with Gasteiger partial charge >= 0.3 is 0 Å². The van der Waals surface area contributed by atoms with Crippen LogP contribution in [0.3, 0.4) is 0 Å². The minimum absolute atomic E-state index is 0.515. The first kappa shape index (κ1) is 12.8. The normalized spacial score (nSPS) is 12.6. The zero-order valence-corrected chi connectivity index (χ0v) is 12.5. The Kier molecular flexibility index (Phi) is 4.35. The van der Waals surface area contributed by atoms with Gasteiger partial charge in [0.1, 0.15) is 0 Å². The van der Waals surface area contributed by atoms with Crippen molar-refractivity contribution < 1.29 is 0 Å². The van der Waals surface area contributed by atoms with Gasteiger partial charge in [0.25, 0.3) is 0 Å². The van der Waals surface area contributed by atoms with E-state index in [0.29, 0.717) is 5.92 Å². The second kappa shape index (κ2) is 5.78. The van der Waals surface area contributed by atoms with E-state index in [4.69, 9.17) is 0 Å². The molecule has 1 nitrogen and oxygen atoms in total. The van der Waals surface area contributed by atoms with Crippen molar-refractivity contribution >= 4 is 27.3 Å². The van der Waals surface area contributed by atoms with Gasteiger partial charge < -0.3 is 0 Å². The van der Waals surface area contributed by atoms with Crippen molar-refractivity contribution in [3.8, 4) is 0 Å². The third kappa shape index (κ3) is 3.17. The molecule has 0 N–H and O–H groups in total. The molecule has 0 fully saturated rings. The summed E-state index contributed by atoms with van der Waals surface area (Å²) in [5, 5.41) is 2.22. The fraction of sp³-hybridized carbons (Fsp3) is 0.357. The molecule has 0 aliphatic heterocycles. The van der Waals surface area contributed by atoms with Gasteiger partial charge in [-0.1, -0.05) is 46.3 Å². The van der Waals surface area contributed by atoms with Gasteiger partial charge in [-0.05, 0) is 25.3 Å². The van der Waals surface area contributed by atoms with E-state index in [0.717, 1.165) is 11.8 Å². The maximum Gasteiger partial charge on any atom is 0.0937 e. The summed E-state index contributed by atoms with van der Waals surface area (Å²) in [7, 11) is 0. The Bertz CT molecular complexity index is 459. The van der Waals surface area contributed by atoms with Crippen molar-refractivity contribution in [3.05, 3.63) is 51.5 Å². The lowest BCUT2D eigenvalue weighted by molar-refractivity contribution is 0.768. The first-order valence-corrected chi connectivity index (χ1v) is 7.68. The van der Waals surface area contributed by atoms with Crippen LogP contribution in [0, 0.1) is 13.8 Å². The smallest absolute Gasteiger partial charge is 0.0937 e. The molecular weight excluding hydrogens is 294 g/mol. The Morgan fingerprint density at radius 2 is 1.94 bits per heavy atom. The maximum absolute atomic E-state index is 4.62. The zero-order chi connectivity index (χ0) is 12.3. The summed E-state index contributed by atoms with van der Waals surface area (Å²) in [5.74, 6) is 0.515. The first-order valence-electron chi connectivity index (χ1n) is 5.74. The average Bonchev–Trinajstić information content (AvgIpc) is 2.67. The molecule has 1 aromatic carbocycles. The number of thiazole rings is 1. The predicted molar refractivity (Wildman–Crippen MR) is 78.3 cm³/mol. The van der Waals surface area contributed by atoms with Crippen LogP contribution in [-0.2, 0) is 6.42 Å². The number of alkyl halides is 1. The van der Waals surface area contributed by atoms with Crippen molar-refractivity contribution in [1.82, 2.24) is 4.98 Å². The van der Waals surface area contributed by atoms with Crippen LogP contribution in [-0.4, -0.2) is 10.3 Å². The quantitative estimate of drug-likeness (QED) is 0.759. The summed E-state index contributed by atoms with van der Waals surface area (Å²) in [4.78, 5) is 5.96. The second-order valence-corrected chi connectivity index (χ2v) is 6.15. The summed E-state index contributed by atoms with van der Waals surface area (Å²) in [5.41, 5.74) is 2.56. The largest absolute Gasteiger partial charge is 0.246 e. The van der Waals surface area contributed by atoms with Gasteiger partial charge in [0.2, 0.25) is 0 Å². The number of hydrogen-bond donors (Lipinski definition) is 0. The van der Waals surface area contributed by atoms with E-state index in [1.54, 1.807) is 0 Å². The molecule has 0 saturated heterocycles. The van der Waals surface area contributed by atoms with Crippen molar-refractivity contribution in [2.24, 2.45) is 0 Å². The Morgan fingerprint density at radius 3 is 2.47 bits per heavy atom.